The van der Waals surface area contributed by atoms with E-state index in [1.54, 1.807) is 11.0 Å². The van der Waals surface area contributed by atoms with Crippen LogP contribution in [0, 0.1) is 0 Å². The van der Waals surface area contributed by atoms with E-state index in [9.17, 15) is 19.2 Å². The van der Waals surface area contributed by atoms with Crippen molar-refractivity contribution < 1.29 is 23.9 Å². The largest absolute Gasteiger partial charge is 0.460 e. The van der Waals surface area contributed by atoms with Crippen LogP contribution in [0.1, 0.15) is 68.8 Å². The summed E-state index contributed by atoms with van der Waals surface area (Å²) in [7, 11) is 0. The van der Waals surface area contributed by atoms with Crippen LogP contribution in [0.4, 0.5) is 5.69 Å². The summed E-state index contributed by atoms with van der Waals surface area (Å²) in [6.45, 7) is 8.45. The smallest absolute Gasteiger partial charge is 0.307 e. The first-order valence-corrected chi connectivity index (χ1v) is 12.1. The van der Waals surface area contributed by atoms with Gasteiger partial charge in [0.05, 0.1) is 6.42 Å². The lowest BCUT2D eigenvalue weighted by molar-refractivity contribution is -0.155. The van der Waals surface area contributed by atoms with Crippen LogP contribution >= 0.6 is 0 Å². The molecule has 1 atom stereocenters. The molecule has 1 aromatic rings. The molecular weight excluding hydrogens is 436 g/mol. The number of anilines is 1. The second kappa shape index (κ2) is 9.74. The summed E-state index contributed by atoms with van der Waals surface area (Å²) in [4.78, 5) is 52.7. The SMILES string of the molecule is CC(C)(C)OC(=O)CCN1CCC(Nc2cccc3c2CN(C2CCC(=O)NC2=O)C3=O)CC1. The lowest BCUT2D eigenvalue weighted by Gasteiger charge is -2.33. The van der Waals surface area contributed by atoms with Gasteiger partial charge in [-0.3, -0.25) is 24.5 Å². The highest BCUT2D eigenvalue weighted by molar-refractivity contribution is 6.06. The fraction of sp³-hybridized carbons (Fsp3) is 0.600. The third-order valence-corrected chi connectivity index (χ3v) is 6.58. The van der Waals surface area contributed by atoms with Crippen molar-refractivity contribution in [3.05, 3.63) is 29.3 Å². The van der Waals surface area contributed by atoms with E-state index in [0.29, 0.717) is 31.5 Å². The highest BCUT2D eigenvalue weighted by Crippen LogP contribution is 2.33. The lowest BCUT2D eigenvalue weighted by atomic mass is 10.0. The molecule has 9 nitrogen and oxygen atoms in total. The maximum atomic E-state index is 13.0. The Kier molecular flexibility index (Phi) is 6.93. The molecule has 3 amide bonds. The maximum absolute atomic E-state index is 13.0. The van der Waals surface area contributed by atoms with Crippen LogP contribution in [0.2, 0.25) is 0 Å². The number of imide groups is 1. The van der Waals surface area contributed by atoms with Gasteiger partial charge < -0.3 is 19.9 Å². The van der Waals surface area contributed by atoms with Crippen LogP contribution in [0.15, 0.2) is 18.2 Å². The van der Waals surface area contributed by atoms with Gasteiger partial charge in [0.15, 0.2) is 0 Å². The number of fused-ring (bicyclic) bond motifs is 1. The topological polar surface area (TPSA) is 108 Å². The number of likely N-dealkylation sites (tertiary alicyclic amines) is 1. The summed E-state index contributed by atoms with van der Waals surface area (Å²) >= 11 is 0. The number of nitrogens with zero attached hydrogens (tertiary/aromatic N) is 2. The molecule has 2 fully saturated rings. The predicted molar refractivity (Wildman–Crippen MR) is 126 cm³/mol. The number of amides is 3. The normalized spacial score (nSPS) is 21.9. The van der Waals surface area contributed by atoms with E-state index in [1.165, 1.54) is 0 Å². The number of piperidine rings is 2. The fourth-order valence-corrected chi connectivity index (χ4v) is 4.88. The molecule has 1 aromatic carbocycles. The van der Waals surface area contributed by atoms with Crippen LogP contribution in [-0.2, 0) is 25.7 Å². The number of rotatable bonds is 6. The number of carbonyl (C=O) groups excluding carboxylic acids is 4. The summed E-state index contributed by atoms with van der Waals surface area (Å²) in [5.74, 6) is -1.01. The molecule has 2 saturated heterocycles. The Labute approximate surface area is 200 Å². The zero-order valence-electron chi connectivity index (χ0n) is 20.2. The molecular formula is C25H34N4O5. The molecule has 3 heterocycles. The van der Waals surface area contributed by atoms with E-state index in [1.807, 2.05) is 32.9 Å². The number of benzene rings is 1. The number of esters is 1. The molecule has 0 bridgehead atoms. The average molecular weight is 471 g/mol. The molecule has 0 radical (unpaired) electrons. The van der Waals surface area contributed by atoms with Gasteiger partial charge in [0, 0.05) is 55.5 Å². The average Bonchev–Trinajstić information content (AvgIpc) is 3.09. The molecule has 0 aliphatic carbocycles. The van der Waals surface area contributed by atoms with Crippen LogP contribution < -0.4 is 10.6 Å². The molecule has 0 spiro atoms. The van der Waals surface area contributed by atoms with E-state index < -0.39 is 17.6 Å². The summed E-state index contributed by atoms with van der Waals surface area (Å²) < 4.78 is 5.39. The Morgan fingerprint density at radius 3 is 2.56 bits per heavy atom. The van der Waals surface area contributed by atoms with Crippen molar-refractivity contribution in [2.24, 2.45) is 0 Å². The van der Waals surface area contributed by atoms with Crippen molar-refractivity contribution in [2.75, 3.05) is 25.0 Å². The van der Waals surface area contributed by atoms with Crippen molar-refractivity contribution >= 4 is 29.4 Å². The van der Waals surface area contributed by atoms with Gasteiger partial charge in [-0.2, -0.15) is 0 Å². The summed E-state index contributed by atoms with van der Waals surface area (Å²) in [6, 6.07) is 5.30. The summed E-state index contributed by atoms with van der Waals surface area (Å²) in [5, 5.41) is 5.95. The van der Waals surface area contributed by atoms with Gasteiger partial charge in [0.25, 0.3) is 5.91 Å². The second-order valence-electron chi connectivity index (χ2n) is 10.3. The van der Waals surface area contributed by atoms with E-state index in [4.69, 9.17) is 4.74 Å². The summed E-state index contributed by atoms with van der Waals surface area (Å²) in [6.07, 6.45) is 2.86. The molecule has 0 saturated carbocycles. The molecule has 3 aliphatic rings. The molecule has 9 heteroatoms. The molecule has 0 aromatic heterocycles. The first-order chi connectivity index (χ1) is 16.1. The zero-order chi connectivity index (χ0) is 24.5. The van der Waals surface area contributed by atoms with Gasteiger partial charge in [0.2, 0.25) is 11.8 Å². The molecule has 1 unspecified atom stereocenters. The monoisotopic (exact) mass is 470 g/mol. The molecule has 4 rings (SSSR count). The molecule has 2 N–H and O–H groups in total. The van der Waals surface area contributed by atoms with Gasteiger partial charge in [-0.05, 0) is 52.2 Å². The number of hydrogen-bond acceptors (Lipinski definition) is 7. The number of nitrogens with one attached hydrogen (secondary N) is 2. The van der Waals surface area contributed by atoms with E-state index >= 15 is 0 Å². The van der Waals surface area contributed by atoms with E-state index in [-0.39, 0.29) is 30.2 Å². The van der Waals surface area contributed by atoms with Gasteiger partial charge in [-0.25, -0.2) is 0 Å². The Balaban J connectivity index is 1.32. The Morgan fingerprint density at radius 1 is 1.15 bits per heavy atom. The minimum atomic E-state index is -0.612. The standard InChI is InChI=1S/C25H34N4O5/c1-25(2,3)34-22(31)11-14-28-12-9-16(10-13-28)26-19-6-4-5-17-18(19)15-29(24(17)33)20-7-8-21(30)27-23(20)32/h4-6,16,20,26H,7-15H2,1-3H3,(H,27,30,32). The van der Waals surface area contributed by atoms with Gasteiger partial charge in [0.1, 0.15) is 11.6 Å². The molecule has 3 aliphatic heterocycles. The van der Waals surface area contributed by atoms with Crippen molar-refractivity contribution in [1.82, 2.24) is 15.1 Å². The quantitative estimate of drug-likeness (QED) is 0.484. The van der Waals surface area contributed by atoms with Crippen LogP contribution in [0.3, 0.4) is 0 Å². The zero-order valence-corrected chi connectivity index (χ0v) is 20.2. The fourth-order valence-electron chi connectivity index (χ4n) is 4.88. The van der Waals surface area contributed by atoms with E-state index in [2.05, 4.69) is 15.5 Å². The van der Waals surface area contributed by atoms with Crippen molar-refractivity contribution in [3.63, 3.8) is 0 Å². The third-order valence-electron chi connectivity index (χ3n) is 6.58. The van der Waals surface area contributed by atoms with Crippen LogP contribution in [0.25, 0.3) is 0 Å². The first kappa shape index (κ1) is 24.2. The summed E-state index contributed by atoms with van der Waals surface area (Å²) in [5.41, 5.74) is 1.99. The molecule has 34 heavy (non-hydrogen) atoms. The van der Waals surface area contributed by atoms with Crippen molar-refractivity contribution in [3.8, 4) is 0 Å². The Morgan fingerprint density at radius 2 is 1.88 bits per heavy atom. The predicted octanol–water partition coefficient (Wildman–Crippen LogP) is 2.06. The lowest BCUT2D eigenvalue weighted by Crippen LogP contribution is -2.52. The van der Waals surface area contributed by atoms with Crippen LogP contribution in [0.5, 0.6) is 0 Å². The van der Waals surface area contributed by atoms with Crippen molar-refractivity contribution in [1.29, 1.82) is 0 Å². The second-order valence-corrected chi connectivity index (χ2v) is 10.3. The van der Waals surface area contributed by atoms with Crippen molar-refractivity contribution in [2.45, 2.75) is 77.1 Å². The Hall–Kier alpha value is -2.94. The number of hydrogen-bond donors (Lipinski definition) is 2. The van der Waals surface area contributed by atoms with Crippen LogP contribution in [-0.4, -0.2) is 70.8 Å². The maximum Gasteiger partial charge on any atom is 0.307 e. The van der Waals surface area contributed by atoms with Gasteiger partial charge in [-0.1, -0.05) is 6.07 Å². The van der Waals surface area contributed by atoms with Gasteiger partial charge in [-0.15, -0.1) is 0 Å². The van der Waals surface area contributed by atoms with E-state index in [0.717, 1.165) is 37.2 Å². The Bertz CT molecular complexity index is 978. The number of ether oxygens (including phenoxy) is 1. The highest BCUT2D eigenvalue weighted by Gasteiger charge is 2.40. The molecule has 184 valence electrons. The minimum Gasteiger partial charge on any atom is -0.460 e. The number of carbonyl (C=O) groups is 4. The third kappa shape index (κ3) is 5.58. The minimum absolute atomic E-state index is 0.162. The van der Waals surface area contributed by atoms with Gasteiger partial charge >= 0.3 is 5.97 Å². The highest BCUT2D eigenvalue weighted by atomic mass is 16.6. The first-order valence-electron chi connectivity index (χ1n) is 12.1.